The van der Waals surface area contributed by atoms with Crippen LogP contribution in [0.25, 0.3) is 0 Å². The topological polar surface area (TPSA) is 23.8 Å². The minimum Gasteiger partial charge on any atom is -0.198 e. The summed E-state index contributed by atoms with van der Waals surface area (Å²) in [4.78, 5) is 0. The second-order valence-corrected chi connectivity index (χ2v) is 4.68. The van der Waals surface area contributed by atoms with E-state index < -0.39 is 0 Å². The molecule has 70 valence electrons. The van der Waals surface area contributed by atoms with Crippen molar-refractivity contribution in [2.45, 2.75) is 38.5 Å². The first-order valence-corrected chi connectivity index (χ1v) is 5.33. The first-order valence-electron chi connectivity index (χ1n) is 5.33. The van der Waals surface area contributed by atoms with Gasteiger partial charge in [0.25, 0.3) is 0 Å². The Bertz CT molecular complexity index is 250. The summed E-state index contributed by atoms with van der Waals surface area (Å²) in [6, 6.07) is 2.60. The third-order valence-electron chi connectivity index (χ3n) is 3.99. The number of rotatable bonds is 3. The molecule has 0 aliphatic heterocycles. The van der Waals surface area contributed by atoms with Crippen LogP contribution in [-0.2, 0) is 0 Å². The zero-order chi connectivity index (χ0) is 9.31. The van der Waals surface area contributed by atoms with E-state index in [0.29, 0.717) is 5.92 Å². The van der Waals surface area contributed by atoms with Gasteiger partial charge in [-0.3, -0.25) is 0 Å². The molecular weight excluding hydrogens is 158 g/mol. The summed E-state index contributed by atoms with van der Waals surface area (Å²) in [6.07, 6.45) is 9.18. The van der Waals surface area contributed by atoms with E-state index in [2.05, 4.69) is 12.6 Å². The van der Waals surface area contributed by atoms with Crippen molar-refractivity contribution in [2.24, 2.45) is 17.3 Å². The monoisotopic (exact) mass is 175 g/mol. The second kappa shape index (κ2) is 3.18. The molecule has 0 radical (unpaired) electrons. The van der Waals surface area contributed by atoms with E-state index >= 15 is 0 Å². The third kappa shape index (κ3) is 1.29. The first-order chi connectivity index (χ1) is 6.30. The normalized spacial score (nSPS) is 41.8. The van der Waals surface area contributed by atoms with Gasteiger partial charge in [0.15, 0.2) is 0 Å². The van der Waals surface area contributed by atoms with Crippen molar-refractivity contribution in [1.29, 1.82) is 5.26 Å². The largest absolute Gasteiger partial charge is 0.198 e. The number of hydrogen-bond donors (Lipinski definition) is 0. The minimum atomic E-state index is 0.0388. The Labute approximate surface area is 80.4 Å². The molecule has 2 rings (SSSR count). The van der Waals surface area contributed by atoms with Crippen LogP contribution < -0.4 is 0 Å². The molecule has 0 aromatic heterocycles. The summed E-state index contributed by atoms with van der Waals surface area (Å²) in [5.74, 6) is 1.58. The molecule has 0 aromatic rings. The summed E-state index contributed by atoms with van der Waals surface area (Å²) >= 11 is 0. The maximum Gasteiger partial charge on any atom is 0.0692 e. The van der Waals surface area contributed by atoms with Crippen LogP contribution in [0.15, 0.2) is 12.7 Å². The highest BCUT2D eigenvalue weighted by molar-refractivity contribution is 5.11. The molecule has 0 amide bonds. The van der Waals surface area contributed by atoms with Gasteiger partial charge < -0.3 is 0 Å². The molecule has 0 aromatic carbocycles. The lowest BCUT2D eigenvalue weighted by Crippen LogP contribution is -2.25. The number of allylic oxidation sites excluding steroid dienone is 1. The molecule has 3 atom stereocenters. The van der Waals surface area contributed by atoms with Crippen LogP contribution in [0.2, 0.25) is 0 Å². The molecule has 2 bridgehead atoms. The van der Waals surface area contributed by atoms with Crippen molar-refractivity contribution < 1.29 is 0 Å². The Balaban J connectivity index is 2.09. The Hall–Kier alpha value is -0.770. The van der Waals surface area contributed by atoms with E-state index in [0.717, 1.165) is 18.8 Å². The molecule has 2 fully saturated rings. The molecule has 0 spiro atoms. The first kappa shape index (κ1) is 8.81. The van der Waals surface area contributed by atoms with Gasteiger partial charge in [-0.1, -0.05) is 12.5 Å². The number of nitrogens with zero attached hydrogens (tertiary/aromatic N) is 1. The van der Waals surface area contributed by atoms with Gasteiger partial charge in [-0.2, -0.15) is 5.26 Å². The van der Waals surface area contributed by atoms with Crippen LogP contribution in [0.3, 0.4) is 0 Å². The van der Waals surface area contributed by atoms with E-state index in [1.54, 1.807) is 0 Å². The predicted molar refractivity (Wildman–Crippen MR) is 52.9 cm³/mol. The minimum absolute atomic E-state index is 0.0388. The van der Waals surface area contributed by atoms with Crippen LogP contribution in [0, 0.1) is 28.6 Å². The highest BCUT2D eigenvalue weighted by Crippen LogP contribution is 2.57. The maximum absolute atomic E-state index is 9.28. The zero-order valence-electron chi connectivity index (χ0n) is 8.13. The number of nitriles is 1. The fourth-order valence-corrected chi connectivity index (χ4v) is 3.30. The lowest BCUT2D eigenvalue weighted by Gasteiger charge is -2.30. The second-order valence-electron chi connectivity index (χ2n) is 4.68. The van der Waals surface area contributed by atoms with E-state index in [4.69, 9.17) is 0 Å². The Morgan fingerprint density at radius 3 is 2.85 bits per heavy atom. The lowest BCUT2D eigenvalue weighted by molar-refractivity contribution is 0.225. The van der Waals surface area contributed by atoms with Gasteiger partial charge in [0, 0.05) is 0 Å². The smallest absolute Gasteiger partial charge is 0.0692 e. The van der Waals surface area contributed by atoms with Crippen molar-refractivity contribution in [1.82, 2.24) is 0 Å². The molecule has 1 heteroatoms. The highest BCUT2D eigenvalue weighted by atomic mass is 14.5. The van der Waals surface area contributed by atoms with Crippen molar-refractivity contribution in [3.05, 3.63) is 12.7 Å². The van der Waals surface area contributed by atoms with Gasteiger partial charge in [0.1, 0.15) is 0 Å². The zero-order valence-corrected chi connectivity index (χ0v) is 8.13. The van der Waals surface area contributed by atoms with Crippen LogP contribution in [0.4, 0.5) is 0 Å². The van der Waals surface area contributed by atoms with Gasteiger partial charge in [-0.05, 0) is 43.9 Å². The molecule has 3 unspecified atom stereocenters. The number of fused-ring (bicyclic) bond motifs is 2. The van der Waals surface area contributed by atoms with E-state index in [1.807, 2.05) is 6.08 Å². The molecular formula is C12H17N. The predicted octanol–water partition coefficient (Wildman–Crippen LogP) is 3.28. The SMILES string of the molecule is C=CCCC1(C#N)CC2CCC1C2. The fourth-order valence-electron chi connectivity index (χ4n) is 3.30. The van der Waals surface area contributed by atoms with E-state index in [-0.39, 0.29) is 5.41 Å². The van der Waals surface area contributed by atoms with Crippen molar-refractivity contribution in [3.8, 4) is 6.07 Å². The molecule has 0 heterocycles. The van der Waals surface area contributed by atoms with Crippen molar-refractivity contribution >= 4 is 0 Å². The molecule has 1 nitrogen and oxygen atoms in total. The lowest BCUT2D eigenvalue weighted by atomic mass is 9.71. The quantitative estimate of drug-likeness (QED) is 0.604. The highest BCUT2D eigenvalue weighted by Gasteiger charge is 2.50. The molecule has 2 aliphatic rings. The summed E-state index contributed by atoms with van der Waals surface area (Å²) in [7, 11) is 0. The standard InChI is InChI=1S/C12H17N/c1-2-3-6-12(9-13)8-10-4-5-11(12)7-10/h2,10-11H,1,3-8H2. The average Bonchev–Trinajstić information content (AvgIpc) is 2.74. The summed E-state index contributed by atoms with van der Waals surface area (Å²) in [5.41, 5.74) is 0.0388. The number of hydrogen-bond acceptors (Lipinski definition) is 1. The molecule has 0 saturated heterocycles. The maximum atomic E-state index is 9.28. The fraction of sp³-hybridized carbons (Fsp3) is 0.750. The van der Waals surface area contributed by atoms with Gasteiger partial charge in [0.2, 0.25) is 0 Å². The average molecular weight is 175 g/mol. The van der Waals surface area contributed by atoms with Gasteiger partial charge in [-0.25, -0.2) is 0 Å². The Kier molecular flexibility index (Phi) is 2.15. The van der Waals surface area contributed by atoms with Crippen molar-refractivity contribution in [3.63, 3.8) is 0 Å². The van der Waals surface area contributed by atoms with Crippen molar-refractivity contribution in [2.75, 3.05) is 0 Å². The Morgan fingerprint density at radius 1 is 1.54 bits per heavy atom. The van der Waals surface area contributed by atoms with Crippen LogP contribution in [-0.4, -0.2) is 0 Å². The van der Waals surface area contributed by atoms with Gasteiger partial charge in [0.05, 0.1) is 11.5 Å². The van der Waals surface area contributed by atoms with Crippen LogP contribution in [0.5, 0.6) is 0 Å². The van der Waals surface area contributed by atoms with E-state index in [1.165, 1.54) is 25.7 Å². The van der Waals surface area contributed by atoms with E-state index in [9.17, 15) is 5.26 Å². The van der Waals surface area contributed by atoms with Gasteiger partial charge in [-0.15, -0.1) is 6.58 Å². The van der Waals surface area contributed by atoms with Crippen LogP contribution >= 0.6 is 0 Å². The Morgan fingerprint density at radius 2 is 2.38 bits per heavy atom. The summed E-state index contributed by atoms with van der Waals surface area (Å²) in [6.45, 7) is 3.74. The van der Waals surface area contributed by atoms with Crippen LogP contribution in [0.1, 0.15) is 38.5 Å². The summed E-state index contributed by atoms with van der Waals surface area (Å²) < 4.78 is 0. The summed E-state index contributed by atoms with van der Waals surface area (Å²) in [5, 5.41) is 9.28. The molecule has 2 aliphatic carbocycles. The molecule has 0 N–H and O–H groups in total. The molecule has 2 saturated carbocycles. The third-order valence-corrected chi connectivity index (χ3v) is 3.99. The van der Waals surface area contributed by atoms with Gasteiger partial charge >= 0.3 is 0 Å². The molecule has 13 heavy (non-hydrogen) atoms.